The van der Waals surface area contributed by atoms with Crippen LogP contribution >= 0.6 is 11.8 Å². The predicted octanol–water partition coefficient (Wildman–Crippen LogP) is 2.42. The van der Waals surface area contributed by atoms with Crippen molar-refractivity contribution in [2.75, 3.05) is 25.9 Å². The number of hydrogen-bond donors (Lipinski definition) is 0. The molecule has 2 rings (SSSR count). The quantitative estimate of drug-likeness (QED) is 0.791. The van der Waals surface area contributed by atoms with Gasteiger partial charge < -0.3 is 9.80 Å². The first-order valence-electron chi connectivity index (χ1n) is 8.50. The van der Waals surface area contributed by atoms with Gasteiger partial charge in [0.05, 0.1) is 5.75 Å². The van der Waals surface area contributed by atoms with Gasteiger partial charge in [-0.2, -0.15) is 0 Å². The number of amides is 2. The molecule has 2 heterocycles. The second kappa shape index (κ2) is 9.06. The summed E-state index contributed by atoms with van der Waals surface area (Å²) in [5.74, 6) is 1.77. The number of pyridine rings is 1. The topological polar surface area (TPSA) is 53.5 Å². The van der Waals surface area contributed by atoms with Crippen molar-refractivity contribution in [2.24, 2.45) is 5.92 Å². The second-order valence-electron chi connectivity index (χ2n) is 6.55. The summed E-state index contributed by atoms with van der Waals surface area (Å²) < 4.78 is 0. The van der Waals surface area contributed by atoms with Gasteiger partial charge in [-0.25, -0.2) is 0 Å². The van der Waals surface area contributed by atoms with Gasteiger partial charge in [-0.05, 0) is 44.4 Å². The number of thioether (sulfide) groups is 1. The van der Waals surface area contributed by atoms with Crippen molar-refractivity contribution in [3.8, 4) is 0 Å². The molecule has 24 heavy (non-hydrogen) atoms. The van der Waals surface area contributed by atoms with Crippen molar-refractivity contribution in [1.29, 1.82) is 0 Å². The van der Waals surface area contributed by atoms with Gasteiger partial charge in [0.1, 0.15) is 0 Å². The fourth-order valence-corrected chi connectivity index (χ4v) is 3.63. The molecule has 1 aliphatic rings. The summed E-state index contributed by atoms with van der Waals surface area (Å²) in [6, 6.07) is 4.17. The number of rotatable bonds is 6. The normalized spacial score (nSPS) is 15.6. The van der Waals surface area contributed by atoms with Gasteiger partial charge in [-0.1, -0.05) is 0 Å². The Kier molecular flexibility index (Phi) is 7.09. The van der Waals surface area contributed by atoms with Crippen LogP contribution in [0, 0.1) is 5.92 Å². The molecule has 0 aliphatic carbocycles. The first kappa shape index (κ1) is 18.8. The highest BCUT2D eigenvalue weighted by Crippen LogP contribution is 2.21. The average Bonchev–Trinajstić information content (AvgIpc) is 2.61. The number of nitrogens with zero attached hydrogens (tertiary/aromatic N) is 3. The number of carbonyl (C=O) groups excluding carboxylic acids is 2. The molecule has 0 spiro atoms. The first-order chi connectivity index (χ1) is 11.5. The monoisotopic (exact) mass is 349 g/mol. The second-order valence-corrected chi connectivity index (χ2v) is 7.53. The summed E-state index contributed by atoms with van der Waals surface area (Å²) >= 11 is 1.63. The van der Waals surface area contributed by atoms with E-state index in [1.54, 1.807) is 24.2 Å². The SMILES string of the molecule is CC(C)N(C)C(=O)C1CCN(C(=O)CSCc2ccncc2)CC1. The Hall–Kier alpha value is -1.56. The minimum absolute atomic E-state index is 0.0610. The molecule has 1 aliphatic heterocycles. The van der Waals surface area contributed by atoms with Crippen molar-refractivity contribution >= 4 is 23.6 Å². The van der Waals surface area contributed by atoms with Gasteiger partial charge in [-0.3, -0.25) is 14.6 Å². The van der Waals surface area contributed by atoms with Crippen molar-refractivity contribution in [3.63, 3.8) is 0 Å². The molecule has 0 aromatic carbocycles. The molecule has 0 unspecified atom stereocenters. The zero-order valence-electron chi connectivity index (χ0n) is 14.8. The van der Waals surface area contributed by atoms with E-state index >= 15 is 0 Å². The van der Waals surface area contributed by atoms with Gasteiger partial charge in [0.15, 0.2) is 0 Å². The molecule has 0 bridgehead atoms. The maximum atomic E-state index is 12.4. The van der Waals surface area contributed by atoms with Gasteiger partial charge in [-0.15, -0.1) is 11.8 Å². The molecule has 1 fully saturated rings. The highest BCUT2D eigenvalue weighted by Gasteiger charge is 2.29. The molecule has 1 aromatic rings. The standard InChI is InChI=1S/C18H27N3O2S/c1-14(2)20(3)18(23)16-6-10-21(11-7-16)17(22)13-24-12-15-4-8-19-9-5-15/h4-5,8-9,14,16H,6-7,10-13H2,1-3H3. The molecular weight excluding hydrogens is 322 g/mol. The van der Waals surface area contributed by atoms with Gasteiger partial charge in [0, 0.05) is 50.2 Å². The van der Waals surface area contributed by atoms with Crippen LogP contribution in [0.3, 0.4) is 0 Å². The molecule has 5 nitrogen and oxygen atoms in total. The number of piperidine rings is 1. The summed E-state index contributed by atoms with van der Waals surface area (Å²) in [5.41, 5.74) is 1.18. The van der Waals surface area contributed by atoms with Crippen LogP contribution in [0.1, 0.15) is 32.3 Å². The smallest absolute Gasteiger partial charge is 0.232 e. The Morgan fingerprint density at radius 3 is 2.50 bits per heavy atom. The molecule has 0 radical (unpaired) electrons. The van der Waals surface area contributed by atoms with Gasteiger partial charge in [0.25, 0.3) is 0 Å². The van der Waals surface area contributed by atoms with E-state index in [1.165, 1.54) is 5.56 Å². The van der Waals surface area contributed by atoms with E-state index in [2.05, 4.69) is 4.98 Å². The average molecular weight is 350 g/mol. The first-order valence-corrected chi connectivity index (χ1v) is 9.65. The van der Waals surface area contributed by atoms with Crippen LogP contribution in [0.2, 0.25) is 0 Å². The van der Waals surface area contributed by atoms with E-state index in [1.807, 2.05) is 42.8 Å². The molecular formula is C18H27N3O2S. The molecule has 2 amide bonds. The number of hydrogen-bond acceptors (Lipinski definition) is 4. The highest BCUT2D eigenvalue weighted by molar-refractivity contribution is 7.99. The van der Waals surface area contributed by atoms with Crippen LogP contribution in [-0.4, -0.2) is 58.5 Å². The Labute approximate surface area is 148 Å². The van der Waals surface area contributed by atoms with E-state index in [0.717, 1.165) is 18.6 Å². The summed E-state index contributed by atoms with van der Waals surface area (Å²) in [6.45, 7) is 5.43. The lowest BCUT2D eigenvalue weighted by molar-refractivity contribution is -0.140. The van der Waals surface area contributed by atoms with E-state index in [-0.39, 0.29) is 23.8 Å². The number of carbonyl (C=O) groups is 2. The maximum absolute atomic E-state index is 12.4. The summed E-state index contributed by atoms with van der Waals surface area (Å²) in [7, 11) is 1.86. The minimum Gasteiger partial charge on any atom is -0.343 e. The van der Waals surface area contributed by atoms with E-state index < -0.39 is 0 Å². The fraction of sp³-hybridized carbons (Fsp3) is 0.611. The van der Waals surface area contributed by atoms with Crippen molar-refractivity contribution in [3.05, 3.63) is 30.1 Å². The third-order valence-electron chi connectivity index (χ3n) is 4.56. The van der Waals surface area contributed by atoms with Crippen LogP contribution in [0.15, 0.2) is 24.5 Å². The zero-order valence-corrected chi connectivity index (χ0v) is 15.6. The van der Waals surface area contributed by atoms with E-state index in [0.29, 0.717) is 18.8 Å². The Morgan fingerprint density at radius 1 is 1.29 bits per heavy atom. The summed E-state index contributed by atoms with van der Waals surface area (Å²) in [4.78, 5) is 32.4. The Balaban J connectivity index is 1.71. The van der Waals surface area contributed by atoms with Crippen LogP contribution in [-0.2, 0) is 15.3 Å². The molecule has 132 valence electrons. The Bertz CT molecular complexity index is 542. The molecule has 0 N–H and O–H groups in total. The molecule has 6 heteroatoms. The number of aromatic nitrogens is 1. The molecule has 0 saturated carbocycles. The van der Waals surface area contributed by atoms with Gasteiger partial charge in [0.2, 0.25) is 11.8 Å². The largest absolute Gasteiger partial charge is 0.343 e. The lowest BCUT2D eigenvalue weighted by Gasteiger charge is -2.34. The van der Waals surface area contributed by atoms with Crippen LogP contribution in [0.25, 0.3) is 0 Å². The molecule has 1 saturated heterocycles. The molecule has 1 aromatic heterocycles. The van der Waals surface area contributed by atoms with Crippen molar-refractivity contribution < 1.29 is 9.59 Å². The highest BCUT2D eigenvalue weighted by atomic mass is 32.2. The van der Waals surface area contributed by atoms with Crippen LogP contribution in [0.5, 0.6) is 0 Å². The predicted molar refractivity (Wildman–Crippen MR) is 97.6 cm³/mol. The Morgan fingerprint density at radius 2 is 1.92 bits per heavy atom. The van der Waals surface area contributed by atoms with E-state index in [4.69, 9.17) is 0 Å². The third-order valence-corrected chi connectivity index (χ3v) is 5.55. The van der Waals surface area contributed by atoms with Crippen LogP contribution < -0.4 is 0 Å². The lowest BCUT2D eigenvalue weighted by Crippen LogP contribution is -2.45. The van der Waals surface area contributed by atoms with Gasteiger partial charge >= 0.3 is 0 Å². The van der Waals surface area contributed by atoms with Crippen molar-refractivity contribution in [2.45, 2.75) is 38.5 Å². The molecule has 0 atom stereocenters. The van der Waals surface area contributed by atoms with Crippen molar-refractivity contribution in [1.82, 2.24) is 14.8 Å². The minimum atomic E-state index is 0.0610. The van der Waals surface area contributed by atoms with Crippen LogP contribution in [0.4, 0.5) is 0 Å². The lowest BCUT2D eigenvalue weighted by atomic mass is 9.95. The summed E-state index contributed by atoms with van der Waals surface area (Å²) in [5, 5.41) is 0. The number of likely N-dealkylation sites (tertiary alicyclic amines) is 1. The fourth-order valence-electron chi connectivity index (χ4n) is 2.74. The zero-order chi connectivity index (χ0) is 17.5. The third kappa shape index (κ3) is 5.23. The van der Waals surface area contributed by atoms with E-state index in [9.17, 15) is 9.59 Å². The summed E-state index contributed by atoms with van der Waals surface area (Å²) in [6.07, 6.45) is 5.09. The maximum Gasteiger partial charge on any atom is 0.232 e.